The van der Waals surface area contributed by atoms with Crippen molar-refractivity contribution in [2.45, 2.75) is 42.7 Å². The van der Waals surface area contributed by atoms with Gasteiger partial charge in [0.05, 0.1) is 12.8 Å². The maximum absolute atomic E-state index is 15.1. The predicted molar refractivity (Wildman–Crippen MR) is 223 cm³/mol. The maximum Gasteiger partial charge on any atom is 0.376 e. The lowest BCUT2D eigenvalue weighted by molar-refractivity contribution is -0.260. The number of nitrogens with zero attached hydrogens (tertiary/aromatic N) is 3. The van der Waals surface area contributed by atoms with E-state index in [1.807, 2.05) is 0 Å². The third-order valence-electron chi connectivity index (χ3n) is 9.83. The Labute approximate surface area is 363 Å². The van der Waals surface area contributed by atoms with Crippen molar-refractivity contribution in [3.05, 3.63) is 155 Å². The van der Waals surface area contributed by atoms with Crippen LogP contribution in [0.4, 0.5) is 5.13 Å². The lowest BCUT2D eigenvalue weighted by Gasteiger charge is -2.35. The van der Waals surface area contributed by atoms with Gasteiger partial charge in [-0.2, -0.15) is 5.06 Å². The number of alkyl halides is 1. The molecule has 0 bridgehead atoms. The lowest BCUT2D eigenvalue weighted by atomic mass is 9.93. The molecule has 3 amide bonds. The van der Waals surface area contributed by atoms with E-state index in [4.69, 9.17) is 35.5 Å². The summed E-state index contributed by atoms with van der Waals surface area (Å²) in [5, 5.41) is 10.9. The number of aromatic nitrogens is 1. The molecule has 7 rings (SSSR count). The van der Waals surface area contributed by atoms with Crippen LogP contribution in [0.25, 0.3) is 0 Å². The van der Waals surface area contributed by atoms with Crippen molar-refractivity contribution in [1.29, 1.82) is 0 Å². The first-order valence-electron chi connectivity index (χ1n) is 19.1. The van der Waals surface area contributed by atoms with Gasteiger partial charge in [0.25, 0.3) is 11.8 Å². The minimum absolute atomic E-state index is 0.0766. The Bertz CT molecular complexity index is 2380. The largest absolute Gasteiger partial charge is 0.452 e. The second-order valence-corrected chi connectivity index (χ2v) is 15.1. The van der Waals surface area contributed by atoms with Crippen LogP contribution >= 0.6 is 22.9 Å². The van der Waals surface area contributed by atoms with Crippen LogP contribution in [-0.2, 0) is 52.7 Å². The van der Waals surface area contributed by atoms with Gasteiger partial charge >= 0.3 is 23.6 Å². The van der Waals surface area contributed by atoms with E-state index in [-0.39, 0.29) is 23.1 Å². The van der Waals surface area contributed by atoms with E-state index in [9.17, 15) is 24.0 Å². The molecule has 0 aliphatic carbocycles. The van der Waals surface area contributed by atoms with Crippen LogP contribution in [-0.4, -0.2) is 82.2 Å². The third-order valence-corrected chi connectivity index (χ3v) is 10.8. The predicted octanol–water partition coefficient (Wildman–Crippen LogP) is 5.39. The maximum atomic E-state index is 15.1. The number of carbonyl (C=O) groups excluding carboxylic acids is 6. The molecule has 2 fully saturated rings. The summed E-state index contributed by atoms with van der Waals surface area (Å²) in [4.78, 5) is 98.2. The summed E-state index contributed by atoms with van der Waals surface area (Å²) in [5.41, 5.74) is -2.98. The lowest BCUT2D eigenvalue weighted by Crippen LogP contribution is -2.63. The van der Waals surface area contributed by atoms with Gasteiger partial charge in [-0.05, 0) is 22.3 Å². The Morgan fingerprint density at radius 2 is 1.37 bits per heavy atom. The summed E-state index contributed by atoms with van der Waals surface area (Å²) in [7, 11) is 1.17. The summed E-state index contributed by atoms with van der Waals surface area (Å²) in [6.07, 6.45) is -3.52. The van der Waals surface area contributed by atoms with Crippen molar-refractivity contribution in [2.24, 2.45) is 5.16 Å². The molecule has 0 spiro atoms. The van der Waals surface area contributed by atoms with Gasteiger partial charge in [-0.15, -0.1) is 22.9 Å². The number of hydrogen-bond donors (Lipinski definition) is 2. The number of hydrogen-bond acceptors (Lipinski definition) is 14. The van der Waals surface area contributed by atoms with Crippen LogP contribution in [0, 0.1) is 0 Å². The molecule has 2 N–H and O–H groups in total. The number of hydroxylamine groups is 2. The van der Waals surface area contributed by atoms with Gasteiger partial charge in [-0.1, -0.05) is 126 Å². The quantitative estimate of drug-likeness (QED) is 0.0422. The van der Waals surface area contributed by atoms with Gasteiger partial charge in [0.2, 0.25) is 5.91 Å². The minimum atomic E-state index is -2.49. The number of amides is 3. The topological polar surface area (TPSA) is 201 Å². The molecule has 2 saturated heterocycles. The molecule has 2 atom stereocenters. The summed E-state index contributed by atoms with van der Waals surface area (Å²) >= 11 is 6.58. The second kappa shape index (κ2) is 19.2. The van der Waals surface area contributed by atoms with Gasteiger partial charge < -0.3 is 29.7 Å². The van der Waals surface area contributed by atoms with Crippen molar-refractivity contribution < 1.29 is 52.7 Å². The normalized spacial score (nSPS) is 18.6. The molecule has 2 aliphatic rings. The Morgan fingerprint density at radius 1 is 0.839 bits per heavy atom. The highest BCUT2D eigenvalue weighted by Crippen LogP contribution is 2.41. The summed E-state index contributed by atoms with van der Waals surface area (Å²) in [5.74, 6) is -6.08. The Balaban J connectivity index is 1.24. The first kappa shape index (κ1) is 43.1. The number of nitrogens with one attached hydrogen (secondary N) is 2. The molecule has 1 aromatic heterocycles. The van der Waals surface area contributed by atoms with Crippen molar-refractivity contribution in [2.75, 3.05) is 24.9 Å². The van der Waals surface area contributed by atoms with E-state index in [1.54, 1.807) is 121 Å². The standard InChI is InChI=1S/C44H38ClN5O11S/c1-57-49-36(32-26-62-42(46-32)47-33(51)25-45)39(54)48-43(24-35(53)59-37(28-14-6-2-7-15-28)29-16-8-3-9-17-29)27-58-50(40(43)55)44(23-22-34(52)61-44)41(56)60-38(30-18-10-4-11-19-30)31-20-12-5-13-21-31/h2-21,26,37-38H,22-25,27H2,1H3,(H,48,54)(H,46,47,51). The highest BCUT2D eigenvalue weighted by atomic mass is 35.5. The van der Waals surface area contributed by atoms with E-state index in [2.05, 4.69) is 20.8 Å². The summed E-state index contributed by atoms with van der Waals surface area (Å²) < 4.78 is 17.9. The highest BCUT2D eigenvalue weighted by Gasteiger charge is 2.65. The van der Waals surface area contributed by atoms with Gasteiger partial charge in [-0.25, -0.2) is 9.78 Å². The SMILES string of the molecule is CON=C(C(=O)NC1(CC(=O)OC(c2ccccc2)c2ccccc2)CON(C2(C(=O)OC(c3ccccc3)c3ccccc3)CCC(=O)O2)C1=O)c1csc(NC(=O)CCl)n1. The van der Waals surface area contributed by atoms with Crippen molar-refractivity contribution >= 4 is 69.4 Å². The van der Waals surface area contributed by atoms with Crippen molar-refractivity contribution in [3.8, 4) is 0 Å². The van der Waals surface area contributed by atoms with Crippen LogP contribution in [0.2, 0.25) is 0 Å². The molecule has 2 aliphatic heterocycles. The molecule has 5 aromatic rings. The number of thiazole rings is 1. The zero-order valence-corrected chi connectivity index (χ0v) is 34.5. The summed E-state index contributed by atoms with van der Waals surface area (Å²) in [6.45, 7) is -0.754. The number of carbonyl (C=O) groups is 6. The van der Waals surface area contributed by atoms with E-state index < -0.39 is 84.3 Å². The van der Waals surface area contributed by atoms with E-state index in [0.717, 1.165) is 11.3 Å². The average molecular weight is 880 g/mol. The minimum Gasteiger partial charge on any atom is -0.452 e. The van der Waals surface area contributed by atoms with Crippen molar-refractivity contribution in [3.63, 3.8) is 0 Å². The number of oxime groups is 1. The zero-order valence-electron chi connectivity index (χ0n) is 32.9. The molecule has 0 saturated carbocycles. The fourth-order valence-corrected chi connectivity index (χ4v) is 7.68. The van der Waals surface area contributed by atoms with Crippen LogP contribution in [0.15, 0.2) is 132 Å². The van der Waals surface area contributed by atoms with Gasteiger partial charge in [0.15, 0.2) is 28.6 Å². The Morgan fingerprint density at radius 3 is 1.85 bits per heavy atom. The van der Waals surface area contributed by atoms with Crippen LogP contribution in [0.1, 0.15) is 59.4 Å². The molecule has 318 valence electrons. The highest BCUT2D eigenvalue weighted by molar-refractivity contribution is 7.14. The Hall–Kier alpha value is -6.95. The first-order valence-corrected chi connectivity index (χ1v) is 20.5. The molecular formula is C44H38ClN5O11S. The molecule has 4 aromatic carbocycles. The van der Waals surface area contributed by atoms with E-state index in [0.29, 0.717) is 27.3 Å². The smallest absolute Gasteiger partial charge is 0.376 e. The fourth-order valence-electron chi connectivity index (χ4n) is 6.90. The van der Waals surface area contributed by atoms with E-state index in [1.165, 1.54) is 12.5 Å². The molecular weight excluding hydrogens is 842 g/mol. The van der Waals surface area contributed by atoms with Crippen LogP contribution in [0.3, 0.4) is 0 Å². The third kappa shape index (κ3) is 9.34. The molecule has 18 heteroatoms. The monoisotopic (exact) mass is 879 g/mol. The van der Waals surface area contributed by atoms with Crippen LogP contribution < -0.4 is 10.6 Å². The number of rotatable bonds is 16. The zero-order chi connectivity index (χ0) is 43.7. The number of halogens is 1. The molecule has 0 radical (unpaired) electrons. The molecule has 3 heterocycles. The van der Waals surface area contributed by atoms with Gasteiger partial charge in [-0.3, -0.25) is 28.8 Å². The first-order chi connectivity index (χ1) is 30.1. The second-order valence-electron chi connectivity index (χ2n) is 14.0. The fraction of sp³-hybridized carbons (Fsp3) is 0.227. The average Bonchev–Trinajstić information content (AvgIpc) is 4.02. The molecule has 16 nitrogen and oxygen atoms in total. The van der Waals surface area contributed by atoms with Gasteiger partial charge in [0, 0.05) is 11.8 Å². The van der Waals surface area contributed by atoms with Crippen LogP contribution in [0.5, 0.6) is 0 Å². The van der Waals surface area contributed by atoms with E-state index >= 15 is 4.79 Å². The van der Waals surface area contributed by atoms with Crippen molar-refractivity contribution in [1.82, 2.24) is 15.4 Å². The number of cyclic esters (lactones) is 1. The number of ether oxygens (including phenoxy) is 3. The van der Waals surface area contributed by atoms with Gasteiger partial charge in [0.1, 0.15) is 25.3 Å². The number of anilines is 1. The molecule has 62 heavy (non-hydrogen) atoms. The summed E-state index contributed by atoms with van der Waals surface area (Å²) in [6, 6.07) is 35.4. The Kier molecular flexibility index (Phi) is 13.4. The molecule has 2 unspecified atom stereocenters. The number of esters is 3. The number of benzene rings is 4.